The van der Waals surface area contributed by atoms with Gasteiger partial charge < -0.3 is 10.6 Å². The third kappa shape index (κ3) is 4.31. The van der Waals surface area contributed by atoms with Crippen LogP contribution in [-0.4, -0.2) is 33.9 Å². The molecule has 100 valence electrons. The lowest BCUT2D eigenvalue weighted by atomic mass is 10.2. The molecule has 0 saturated heterocycles. The van der Waals surface area contributed by atoms with E-state index in [0.29, 0.717) is 5.69 Å². The molecule has 5 heteroatoms. The monoisotopic (exact) mass is 250 g/mol. The van der Waals surface area contributed by atoms with Gasteiger partial charge in [0.05, 0.1) is 12.4 Å². The number of rotatable bonds is 7. The van der Waals surface area contributed by atoms with Gasteiger partial charge in [-0.15, -0.1) is 0 Å². The Hall–Kier alpha value is -1.65. The van der Waals surface area contributed by atoms with E-state index < -0.39 is 0 Å². The Morgan fingerprint density at radius 1 is 1.22 bits per heavy atom. The summed E-state index contributed by atoms with van der Waals surface area (Å²) in [5.41, 5.74) is 5.89. The van der Waals surface area contributed by atoms with Crippen LogP contribution in [0, 0.1) is 0 Å². The van der Waals surface area contributed by atoms with Gasteiger partial charge >= 0.3 is 0 Å². The van der Waals surface area contributed by atoms with Crippen LogP contribution < -0.4 is 5.73 Å². The number of hydrogen-bond donors (Lipinski definition) is 1. The van der Waals surface area contributed by atoms with Crippen molar-refractivity contribution in [1.29, 1.82) is 0 Å². The fraction of sp³-hybridized carbons (Fsp3) is 0.615. The molecule has 1 aromatic rings. The summed E-state index contributed by atoms with van der Waals surface area (Å²) in [6.45, 7) is 5.77. The quantitative estimate of drug-likeness (QED) is 0.804. The SMILES string of the molecule is CCCCN(CCCC)C(=O)c1cncc(N)n1. The zero-order valence-corrected chi connectivity index (χ0v) is 11.2. The number of nitrogens with two attached hydrogens (primary N) is 1. The van der Waals surface area contributed by atoms with Crippen molar-refractivity contribution in [3.05, 3.63) is 18.1 Å². The number of carbonyl (C=O) groups excluding carboxylic acids is 1. The Morgan fingerprint density at radius 3 is 2.33 bits per heavy atom. The van der Waals surface area contributed by atoms with Crippen LogP contribution in [0.1, 0.15) is 50.0 Å². The predicted octanol–water partition coefficient (Wildman–Crippen LogP) is 2.10. The standard InChI is InChI=1S/C13H22N4O/c1-3-5-7-17(8-6-4-2)13(18)11-9-15-10-12(14)16-11/h9-10H,3-8H2,1-2H3,(H2,14,16). The molecule has 0 aliphatic carbocycles. The number of carbonyl (C=O) groups is 1. The lowest BCUT2D eigenvalue weighted by molar-refractivity contribution is 0.0745. The van der Waals surface area contributed by atoms with Crippen LogP contribution in [0.3, 0.4) is 0 Å². The molecule has 0 aromatic carbocycles. The Labute approximate surface area is 108 Å². The molecular formula is C13H22N4O. The number of anilines is 1. The van der Waals surface area contributed by atoms with Gasteiger partial charge in [-0.25, -0.2) is 4.98 Å². The molecule has 1 amide bonds. The third-order valence-electron chi connectivity index (χ3n) is 2.72. The minimum Gasteiger partial charge on any atom is -0.382 e. The fourth-order valence-corrected chi connectivity index (χ4v) is 1.66. The van der Waals surface area contributed by atoms with Gasteiger partial charge in [-0.05, 0) is 12.8 Å². The second-order valence-electron chi connectivity index (χ2n) is 4.33. The molecule has 0 fully saturated rings. The number of nitrogen functional groups attached to an aromatic ring is 1. The molecular weight excluding hydrogens is 228 g/mol. The minimum atomic E-state index is -0.0725. The van der Waals surface area contributed by atoms with Crippen molar-refractivity contribution in [2.24, 2.45) is 0 Å². The van der Waals surface area contributed by atoms with Gasteiger partial charge in [0.25, 0.3) is 5.91 Å². The molecule has 1 aromatic heterocycles. The summed E-state index contributed by atoms with van der Waals surface area (Å²) in [7, 11) is 0. The van der Waals surface area contributed by atoms with Crippen LogP contribution in [-0.2, 0) is 0 Å². The molecule has 0 aliphatic rings. The summed E-state index contributed by atoms with van der Waals surface area (Å²) in [5, 5.41) is 0. The second-order valence-corrected chi connectivity index (χ2v) is 4.33. The molecule has 0 bridgehead atoms. The Kier molecular flexibility index (Phi) is 6.11. The van der Waals surface area contributed by atoms with Crippen molar-refractivity contribution in [2.45, 2.75) is 39.5 Å². The number of unbranched alkanes of at least 4 members (excludes halogenated alkanes) is 2. The third-order valence-corrected chi connectivity index (χ3v) is 2.72. The van der Waals surface area contributed by atoms with Crippen LogP contribution in [0.25, 0.3) is 0 Å². The Balaban J connectivity index is 2.73. The fourth-order valence-electron chi connectivity index (χ4n) is 1.66. The molecule has 1 heterocycles. The largest absolute Gasteiger partial charge is 0.382 e. The predicted molar refractivity (Wildman–Crippen MR) is 72.2 cm³/mol. The van der Waals surface area contributed by atoms with E-state index in [0.717, 1.165) is 38.8 Å². The highest BCUT2D eigenvalue weighted by atomic mass is 16.2. The van der Waals surface area contributed by atoms with Gasteiger partial charge in [-0.3, -0.25) is 9.78 Å². The first-order valence-electron chi connectivity index (χ1n) is 6.55. The highest BCUT2D eigenvalue weighted by Crippen LogP contribution is 2.06. The average molecular weight is 250 g/mol. The molecule has 1 rings (SSSR count). The zero-order valence-electron chi connectivity index (χ0n) is 11.2. The molecule has 0 radical (unpaired) electrons. The second kappa shape index (κ2) is 7.63. The Morgan fingerprint density at radius 2 is 1.83 bits per heavy atom. The summed E-state index contributed by atoms with van der Waals surface area (Å²) in [6, 6.07) is 0. The van der Waals surface area contributed by atoms with E-state index in [2.05, 4.69) is 23.8 Å². The summed E-state index contributed by atoms with van der Waals surface area (Å²) in [6.07, 6.45) is 7.07. The topological polar surface area (TPSA) is 72.1 Å². The molecule has 18 heavy (non-hydrogen) atoms. The van der Waals surface area contributed by atoms with Crippen LogP contribution >= 0.6 is 0 Å². The van der Waals surface area contributed by atoms with Crippen molar-refractivity contribution < 1.29 is 4.79 Å². The minimum absolute atomic E-state index is 0.0725. The molecule has 2 N–H and O–H groups in total. The van der Waals surface area contributed by atoms with E-state index in [4.69, 9.17) is 5.73 Å². The molecule has 0 unspecified atom stereocenters. The van der Waals surface area contributed by atoms with Crippen LogP contribution in [0.2, 0.25) is 0 Å². The van der Waals surface area contributed by atoms with Gasteiger partial charge in [0.15, 0.2) is 0 Å². The van der Waals surface area contributed by atoms with Crippen molar-refractivity contribution in [3.8, 4) is 0 Å². The molecule has 0 spiro atoms. The summed E-state index contributed by atoms with van der Waals surface area (Å²) in [5.74, 6) is 0.212. The molecule has 0 aliphatic heterocycles. The number of aromatic nitrogens is 2. The summed E-state index contributed by atoms with van der Waals surface area (Å²) in [4.78, 5) is 22.1. The Bertz CT molecular complexity index is 373. The zero-order chi connectivity index (χ0) is 13.4. The smallest absolute Gasteiger partial charge is 0.274 e. The highest BCUT2D eigenvalue weighted by Gasteiger charge is 2.16. The van der Waals surface area contributed by atoms with Crippen molar-refractivity contribution >= 4 is 11.7 Å². The molecule has 0 atom stereocenters. The maximum absolute atomic E-state index is 12.3. The highest BCUT2D eigenvalue weighted by molar-refractivity contribution is 5.92. The maximum atomic E-state index is 12.3. The van der Waals surface area contributed by atoms with Gasteiger partial charge in [-0.2, -0.15) is 0 Å². The van der Waals surface area contributed by atoms with E-state index >= 15 is 0 Å². The molecule has 5 nitrogen and oxygen atoms in total. The summed E-state index contributed by atoms with van der Waals surface area (Å²) < 4.78 is 0. The van der Waals surface area contributed by atoms with Crippen molar-refractivity contribution in [3.63, 3.8) is 0 Å². The van der Waals surface area contributed by atoms with Crippen LogP contribution in [0.15, 0.2) is 12.4 Å². The van der Waals surface area contributed by atoms with Gasteiger partial charge in [-0.1, -0.05) is 26.7 Å². The first kappa shape index (κ1) is 14.4. The number of nitrogens with zero attached hydrogens (tertiary/aromatic N) is 3. The summed E-state index contributed by atoms with van der Waals surface area (Å²) >= 11 is 0. The number of hydrogen-bond acceptors (Lipinski definition) is 4. The van der Waals surface area contributed by atoms with Crippen molar-refractivity contribution in [2.75, 3.05) is 18.8 Å². The van der Waals surface area contributed by atoms with Crippen LogP contribution in [0.4, 0.5) is 5.82 Å². The molecule has 0 saturated carbocycles. The maximum Gasteiger partial charge on any atom is 0.274 e. The first-order chi connectivity index (χ1) is 8.69. The van der Waals surface area contributed by atoms with E-state index in [9.17, 15) is 4.79 Å². The number of amides is 1. The van der Waals surface area contributed by atoms with E-state index in [1.54, 1.807) is 0 Å². The lowest BCUT2D eigenvalue weighted by Crippen LogP contribution is -2.33. The van der Waals surface area contributed by atoms with Gasteiger partial charge in [0.1, 0.15) is 11.5 Å². The van der Waals surface area contributed by atoms with E-state index in [1.807, 2.05) is 4.90 Å². The van der Waals surface area contributed by atoms with Crippen LogP contribution in [0.5, 0.6) is 0 Å². The van der Waals surface area contributed by atoms with Crippen molar-refractivity contribution in [1.82, 2.24) is 14.9 Å². The van der Waals surface area contributed by atoms with E-state index in [1.165, 1.54) is 12.4 Å². The first-order valence-corrected chi connectivity index (χ1v) is 6.55. The van der Waals surface area contributed by atoms with E-state index in [-0.39, 0.29) is 11.7 Å². The normalized spacial score (nSPS) is 10.3. The average Bonchev–Trinajstić information content (AvgIpc) is 2.38. The van der Waals surface area contributed by atoms with Gasteiger partial charge in [0, 0.05) is 13.1 Å². The van der Waals surface area contributed by atoms with Gasteiger partial charge in [0.2, 0.25) is 0 Å². The lowest BCUT2D eigenvalue weighted by Gasteiger charge is -2.21.